The Morgan fingerprint density at radius 2 is 0.931 bits per heavy atom. The Bertz CT molecular complexity index is 1960. The van der Waals surface area contributed by atoms with E-state index < -0.39 is 24.4 Å². The smallest absolute Gasteiger partial charge is 0.341 e. The van der Waals surface area contributed by atoms with Gasteiger partial charge in [-0.05, 0) is 61.1 Å². The number of Topliss-reactive ketones (excluding diaryl/α,β-unsaturated/α-hetero) is 2. The summed E-state index contributed by atoms with van der Waals surface area (Å²) in [5, 5.41) is 1.57. The van der Waals surface area contributed by atoms with E-state index in [9.17, 15) is 37.1 Å². The van der Waals surface area contributed by atoms with Gasteiger partial charge >= 0.3 is 12.1 Å². The second-order valence-electron chi connectivity index (χ2n) is 14.8. The van der Waals surface area contributed by atoms with Crippen molar-refractivity contribution in [3.05, 3.63) is 131 Å². The summed E-state index contributed by atoms with van der Waals surface area (Å²) in [6, 6.07) is 32.9. The van der Waals surface area contributed by atoms with E-state index in [0.717, 1.165) is 80.3 Å². The Labute approximate surface area is 337 Å². The summed E-state index contributed by atoms with van der Waals surface area (Å²) in [7, 11) is 0. The Morgan fingerprint density at radius 1 is 0.552 bits per heavy atom. The first-order chi connectivity index (χ1) is 27.9. The number of para-hydroxylation sites is 2. The predicted octanol–water partition coefficient (Wildman–Crippen LogP) is 8.60. The van der Waals surface area contributed by atoms with Crippen molar-refractivity contribution in [3.8, 4) is 0 Å². The fourth-order valence-corrected chi connectivity index (χ4v) is 7.39. The Kier molecular flexibility index (Phi) is 15.9. The molecule has 2 aliphatic carbocycles. The first-order valence-electron chi connectivity index (χ1n) is 20.0. The van der Waals surface area contributed by atoms with Gasteiger partial charge in [0.2, 0.25) is 11.8 Å². The topological polar surface area (TPSA) is 130 Å². The maximum atomic E-state index is 13.2. The summed E-state index contributed by atoms with van der Waals surface area (Å²) in [6.07, 6.45) is 5.40. The molecule has 6 rings (SSSR count). The second kappa shape index (κ2) is 21.2. The Morgan fingerprint density at radius 3 is 1.29 bits per heavy atom. The molecule has 2 fully saturated rings. The predicted molar refractivity (Wildman–Crippen MR) is 218 cm³/mol. The number of nitrogens with two attached hydrogens (primary N) is 1. The summed E-state index contributed by atoms with van der Waals surface area (Å²) in [5.41, 5.74) is 9.72. The molecule has 4 aromatic rings. The van der Waals surface area contributed by atoms with E-state index in [4.69, 9.17) is 5.73 Å². The van der Waals surface area contributed by atoms with E-state index in [1.165, 1.54) is 18.6 Å². The molecular formula is C46H51F3N4O5. The van der Waals surface area contributed by atoms with Crippen molar-refractivity contribution in [2.45, 2.75) is 83.5 Å². The molecule has 0 atom stereocenters. The van der Waals surface area contributed by atoms with E-state index in [-0.39, 0.29) is 41.5 Å². The number of ketones is 2. The Hall–Kier alpha value is -5.62. The third-order valence-corrected chi connectivity index (χ3v) is 10.7. The van der Waals surface area contributed by atoms with Crippen LogP contribution in [0, 0.1) is 11.8 Å². The monoisotopic (exact) mass is 796 g/mol. The number of alkyl halides is 3. The van der Waals surface area contributed by atoms with Gasteiger partial charge in [-0.25, -0.2) is 0 Å². The number of hydrogen-bond acceptors (Lipinski definition) is 6. The third kappa shape index (κ3) is 12.4. The number of halogens is 3. The number of benzene rings is 4. The van der Waals surface area contributed by atoms with Gasteiger partial charge in [-0.3, -0.25) is 24.0 Å². The Balaban J connectivity index is 0.000000226. The summed E-state index contributed by atoms with van der Waals surface area (Å²) in [5.74, 6) is -2.47. The zero-order valence-electron chi connectivity index (χ0n) is 32.6. The number of amides is 3. The molecule has 0 unspecified atom stereocenters. The first kappa shape index (κ1) is 43.5. The van der Waals surface area contributed by atoms with Crippen molar-refractivity contribution in [2.24, 2.45) is 17.6 Å². The van der Waals surface area contributed by atoms with Crippen molar-refractivity contribution >= 4 is 40.7 Å². The molecule has 0 aliphatic heterocycles. The molecule has 12 heteroatoms. The van der Waals surface area contributed by atoms with Crippen LogP contribution in [0.15, 0.2) is 109 Å². The number of carbonyl (C=O) groups excluding carboxylic acids is 5. The van der Waals surface area contributed by atoms with Crippen molar-refractivity contribution in [3.63, 3.8) is 0 Å². The zero-order valence-corrected chi connectivity index (χ0v) is 32.6. The molecular weight excluding hydrogens is 746 g/mol. The average molecular weight is 797 g/mol. The molecule has 0 radical (unpaired) electrons. The standard InChI is InChI=1S/C24H25F3N2O3.C22H26N2O2/c25-24(26,27)23(32)28-15-21(30)18-13-11-17(12-14-18)16-29(20-9-5-2-6-10-20)22(31)19-7-3-1-4-8-19;23-15-21(25)18-13-11-17(12-14-18)16-24(20-9-5-2-6-10-20)22(26)19-7-3-1-4-8-19/h2,5-6,9-14,19H,1,3-4,7-8,15-16H2,(H,28,32);2,5-6,9-14,19H,1,3-4,7-8,15-16,23H2. The van der Waals surface area contributed by atoms with Gasteiger partial charge in [0.15, 0.2) is 11.6 Å². The summed E-state index contributed by atoms with van der Waals surface area (Å²) < 4.78 is 36.8. The van der Waals surface area contributed by atoms with Crippen LogP contribution < -0.4 is 20.9 Å². The lowest BCUT2D eigenvalue weighted by Gasteiger charge is -2.29. The minimum atomic E-state index is -5.03. The van der Waals surface area contributed by atoms with Gasteiger partial charge in [0, 0.05) is 34.3 Å². The number of nitrogens with zero attached hydrogens (tertiary/aromatic N) is 2. The highest BCUT2D eigenvalue weighted by atomic mass is 19.4. The van der Waals surface area contributed by atoms with E-state index in [2.05, 4.69) is 0 Å². The van der Waals surface area contributed by atoms with Gasteiger partial charge in [-0.2, -0.15) is 13.2 Å². The van der Waals surface area contributed by atoms with Crippen molar-refractivity contribution < 1.29 is 37.1 Å². The van der Waals surface area contributed by atoms with E-state index in [1.807, 2.05) is 77.7 Å². The van der Waals surface area contributed by atoms with Crippen LogP contribution in [-0.2, 0) is 27.5 Å². The fourth-order valence-electron chi connectivity index (χ4n) is 7.39. The van der Waals surface area contributed by atoms with Crippen LogP contribution in [0.2, 0.25) is 0 Å². The van der Waals surface area contributed by atoms with Gasteiger partial charge in [-0.1, -0.05) is 123 Å². The minimum Gasteiger partial charge on any atom is -0.341 e. The molecule has 0 spiro atoms. The number of anilines is 2. The maximum Gasteiger partial charge on any atom is 0.471 e. The lowest BCUT2D eigenvalue weighted by Crippen LogP contribution is -2.39. The van der Waals surface area contributed by atoms with Gasteiger partial charge in [-0.15, -0.1) is 0 Å². The van der Waals surface area contributed by atoms with Crippen LogP contribution in [0.1, 0.15) is 96.1 Å². The van der Waals surface area contributed by atoms with E-state index in [0.29, 0.717) is 18.7 Å². The van der Waals surface area contributed by atoms with Gasteiger partial charge in [0.05, 0.1) is 26.2 Å². The second-order valence-corrected chi connectivity index (χ2v) is 14.8. The molecule has 2 saturated carbocycles. The molecule has 3 N–H and O–H groups in total. The van der Waals surface area contributed by atoms with Crippen LogP contribution in [0.3, 0.4) is 0 Å². The number of rotatable bonds is 13. The summed E-state index contributed by atoms with van der Waals surface area (Å²) in [4.78, 5) is 64.7. The molecule has 3 amide bonds. The summed E-state index contributed by atoms with van der Waals surface area (Å²) in [6.45, 7) is 0.0960. The maximum absolute atomic E-state index is 13.2. The molecule has 0 heterocycles. The minimum absolute atomic E-state index is 0.00958. The summed E-state index contributed by atoms with van der Waals surface area (Å²) >= 11 is 0. The van der Waals surface area contributed by atoms with Crippen molar-refractivity contribution in [2.75, 3.05) is 22.9 Å². The highest BCUT2D eigenvalue weighted by molar-refractivity contribution is 6.00. The lowest BCUT2D eigenvalue weighted by atomic mass is 9.88. The first-order valence-corrected chi connectivity index (χ1v) is 20.0. The molecule has 9 nitrogen and oxygen atoms in total. The number of carbonyl (C=O) groups is 5. The fraction of sp³-hybridized carbons (Fsp3) is 0.370. The van der Waals surface area contributed by atoms with Gasteiger partial charge in [0.1, 0.15) is 0 Å². The van der Waals surface area contributed by atoms with Crippen LogP contribution in [-0.4, -0.2) is 48.6 Å². The lowest BCUT2D eigenvalue weighted by molar-refractivity contribution is -0.173. The average Bonchev–Trinajstić information content (AvgIpc) is 3.27. The van der Waals surface area contributed by atoms with Crippen LogP contribution in [0.5, 0.6) is 0 Å². The van der Waals surface area contributed by atoms with Crippen LogP contribution in [0.25, 0.3) is 0 Å². The molecule has 0 saturated heterocycles. The van der Waals surface area contributed by atoms with Crippen LogP contribution in [0.4, 0.5) is 24.5 Å². The van der Waals surface area contributed by atoms with E-state index in [1.54, 1.807) is 34.5 Å². The molecule has 0 bridgehead atoms. The zero-order chi connectivity index (χ0) is 41.5. The molecule has 0 aromatic heterocycles. The number of nitrogens with one attached hydrogen (secondary N) is 1. The van der Waals surface area contributed by atoms with Gasteiger partial charge in [0.25, 0.3) is 0 Å². The largest absolute Gasteiger partial charge is 0.471 e. The molecule has 2 aliphatic rings. The molecule has 4 aromatic carbocycles. The quantitative estimate of drug-likeness (QED) is 0.130. The highest BCUT2D eigenvalue weighted by Gasteiger charge is 2.38. The highest BCUT2D eigenvalue weighted by Crippen LogP contribution is 2.30. The van der Waals surface area contributed by atoms with Gasteiger partial charge < -0.3 is 20.9 Å². The molecule has 58 heavy (non-hydrogen) atoms. The molecule has 306 valence electrons. The van der Waals surface area contributed by atoms with Crippen LogP contribution >= 0.6 is 0 Å². The van der Waals surface area contributed by atoms with E-state index >= 15 is 0 Å². The van der Waals surface area contributed by atoms with Crippen molar-refractivity contribution in [1.29, 1.82) is 0 Å². The third-order valence-electron chi connectivity index (χ3n) is 10.7. The normalized spacial score (nSPS) is 14.7. The SMILES string of the molecule is NCC(=O)c1ccc(CN(C(=O)C2CCCCC2)c2ccccc2)cc1.O=C(CNC(=O)C(F)(F)F)c1ccc(CN(C(=O)C2CCCCC2)c2ccccc2)cc1. The number of hydrogen-bond donors (Lipinski definition) is 2. The van der Waals surface area contributed by atoms with Crippen molar-refractivity contribution in [1.82, 2.24) is 5.32 Å².